The fraction of sp³-hybridized carbons (Fsp3) is 0.250. The Kier molecular flexibility index (Phi) is 4.86. The number of aryl methyl sites for hydroxylation is 1. The molecular weight excluding hydrogens is 318 g/mol. The topological polar surface area (TPSA) is 42.2 Å². The smallest absolute Gasteiger partial charge is 0.255 e. The minimum atomic E-state index is -0.159. The molecule has 1 atom stereocenters. The number of carbonyl (C=O) groups is 1. The molecule has 24 heavy (non-hydrogen) atoms. The van der Waals surface area contributed by atoms with E-state index < -0.39 is 0 Å². The SMILES string of the molecule is Cc1occc1C(=O)NC(c1ccc(C(C)C)cc1)c1cccs1. The molecule has 0 radical (unpaired) electrons. The van der Waals surface area contributed by atoms with Crippen LogP contribution < -0.4 is 5.32 Å². The van der Waals surface area contributed by atoms with Crippen molar-refractivity contribution in [3.8, 4) is 0 Å². The molecule has 1 aromatic carbocycles. The second kappa shape index (κ2) is 7.05. The maximum absolute atomic E-state index is 12.6. The summed E-state index contributed by atoms with van der Waals surface area (Å²) in [5, 5.41) is 5.17. The van der Waals surface area contributed by atoms with Crippen molar-refractivity contribution in [2.24, 2.45) is 0 Å². The Bertz CT molecular complexity index is 801. The lowest BCUT2D eigenvalue weighted by atomic mass is 9.98. The van der Waals surface area contributed by atoms with Gasteiger partial charge in [-0.3, -0.25) is 4.79 Å². The molecule has 3 aromatic rings. The highest BCUT2D eigenvalue weighted by molar-refractivity contribution is 7.10. The molecule has 124 valence electrons. The highest BCUT2D eigenvalue weighted by Gasteiger charge is 2.20. The van der Waals surface area contributed by atoms with Gasteiger partial charge in [0.15, 0.2) is 0 Å². The zero-order valence-corrected chi connectivity index (χ0v) is 14.9. The molecular formula is C20H21NO2S. The first-order valence-electron chi connectivity index (χ1n) is 8.04. The highest BCUT2D eigenvalue weighted by atomic mass is 32.1. The number of furan rings is 1. The van der Waals surface area contributed by atoms with Gasteiger partial charge >= 0.3 is 0 Å². The molecule has 0 spiro atoms. The summed E-state index contributed by atoms with van der Waals surface area (Å²) in [5.74, 6) is 1.00. The largest absolute Gasteiger partial charge is 0.469 e. The van der Waals surface area contributed by atoms with Crippen molar-refractivity contribution < 1.29 is 9.21 Å². The molecule has 1 N–H and O–H groups in total. The maximum Gasteiger partial charge on any atom is 0.255 e. The van der Waals surface area contributed by atoms with E-state index in [-0.39, 0.29) is 11.9 Å². The number of amides is 1. The normalized spacial score (nSPS) is 12.3. The molecule has 0 bridgehead atoms. The van der Waals surface area contributed by atoms with Gasteiger partial charge in [0.2, 0.25) is 0 Å². The van der Waals surface area contributed by atoms with Crippen LogP contribution in [0.25, 0.3) is 0 Å². The van der Waals surface area contributed by atoms with Crippen LogP contribution in [0.4, 0.5) is 0 Å². The lowest BCUT2D eigenvalue weighted by Gasteiger charge is -2.19. The zero-order chi connectivity index (χ0) is 17.1. The molecule has 0 aliphatic carbocycles. The zero-order valence-electron chi connectivity index (χ0n) is 14.1. The summed E-state index contributed by atoms with van der Waals surface area (Å²) in [6.45, 7) is 6.15. The number of carbonyl (C=O) groups excluding carboxylic acids is 1. The van der Waals surface area contributed by atoms with Gasteiger partial charge in [-0.05, 0) is 41.5 Å². The summed E-state index contributed by atoms with van der Waals surface area (Å²) in [7, 11) is 0. The second-order valence-electron chi connectivity index (χ2n) is 6.13. The molecule has 0 aliphatic heterocycles. The fourth-order valence-electron chi connectivity index (χ4n) is 2.68. The van der Waals surface area contributed by atoms with Gasteiger partial charge in [0, 0.05) is 4.88 Å². The number of hydrogen-bond donors (Lipinski definition) is 1. The fourth-order valence-corrected chi connectivity index (χ4v) is 3.48. The Morgan fingerprint density at radius 1 is 1.08 bits per heavy atom. The average molecular weight is 339 g/mol. The summed E-state index contributed by atoms with van der Waals surface area (Å²) in [6.07, 6.45) is 1.54. The number of nitrogens with one attached hydrogen (secondary N) is 1. The summed E-state index contributed by atoms with van der Waals surface area (Å²) in [6, 6.07) is 14.1. The average Bonchev–Trinajstić information content (AvgIpc) is 3.24. The Balaban J connectivity index is 1.90. The van der Waals surface area contributed by atoms with E-state index in [1.165, 1.54) is 5.56 Å². The number of thiophene rings is 1. The predicted molar refractivity (Wildman–Crippen MR) is 97.6 cm³/mol. The molecule has 3 rings (SSSR count). The Morgan fingerprint density at radius 3 is 2.33 bits per heavy atom. The molecule has 1 unspecified atom stereocenters. The molecule has 0 aliphatic rings. The van der Waals surface area contributed by atoms with Crippen LogP contribution in [0.5, 0.6) is 0 Å². The van der Waals surface area contributed by atoms with Crippen LogP contribution in [0.3, 0.4) is 0 Å². The van der Waals surface area contributed by atoms with Crippen molar-refractivity contribution in [2.75, 3.05) is 0 Å². The number of hydrogen-bond acceptors (Lipinski definition) is 3. The molecule has 1 amide bonds. The van der Waals surface area contributed by atoms with Crippen LogP contribution in [0, 0.1) is 6.92 Å². The lowest BCUT2D eigenvalue weighted by Crippen LogP contribution is -2.29. The van der Waals surface area contributed by atoms with Crippen molar-refractivity contribution >= 4 is 17.2 Å². The molecule has 0 saturated carbocycles. The van der Waals surface area contributed by atoms with Crippen LogP contribution in [-0.4, -0.2) is 5.91 Å². The summed E-state index contributed by atoms with van der Waals surface area (Å²) < 4.78 is 5.25. The first-order chi connectivity index (χ1) is 11.6. The Morgan fingerprint density at radius 2 is 1.79 bits per heavy atom. The van der Waals surface area contributed by atoms with E-state index in [9.17, 15) is 4.79 Å². The number of rotatable bonds is 5. The minimum Gasteiger partial charge on any atom is -0.469 e. The Labute approximate surface area is 146 Å². The van der Waals surface area contributed by atoms with Gasteiger partial charge < -0.3 is 9.73 Å². The Hall–Kier alpha value is -2.33. The van der Waals surface area contributed by atoms with Gasteiger partial charge in [0.05, 0.1) is 17.9 Å². The molecule has 0 fully saturated rings. The molecule has 2 aromatic heterocycles. The van der Waals surface area contributed by atoms with Gasteiger partial charge in [0.25, 0.3) is 5.91 Å². The minimum absolute atomic E-state index is 0.118. The van der Waals surface area contributed by atoms with Gasteiger partial charge in [-0.2, -0.15) is 0 Å². The third kappa shape index (κ3) is 3.44. The van der Waals surface area contributed by atoms with E-state index in [0.717, 1.165) is 10.4 Å². The maximum atomic E-state index is 12.6. The standard InChI is InChI=1S/C20H21NO2S/c1-13(2)15-6-8-16(9-7-15)19(18-5-4-12-24-18)21-20(22)17-10-11-23-14(17)3/h4-13,19H,1-3H3,(H,21,22). The monoisotopic (exact) mass is 339 g/mol. The van der Waals surface area contributed by atoms with E-state index in [2.05, 4.69) is 43.4 Å². The van der Waals surface area contributed by atoms with Crippen LogP contribution in [0.15, 0.2) is 58.5 Å². The second-order valence-corrected chi connectivity index (χ2v) is 7.11. The molecule has 2 heterocycles. The van der Waals surface area contributed by atoms with E-state index in [4.69, 9.17) is 4.42 Å². The molecule has 4 heteroatoms. The molecule has 0 saturated heterocycles. The van der Waals surface area contributed by atoms with Gasteiger partial charge in [-0.25, -0.2) is 0 Å². The third-order valence-electron chi connectivity index (χ3n) is 4.14. The van der Waals surface area contributed by atoms with Gasteiger partial charge in [-0.15, -0.1) is 11.3 Å². The summed E-state index contributed by atoms with van der Waals surface area (Å²) >= 11 is 1.64. The van der Waals surface area contributed by atoms with E-state index in [1.807, 2.05) is 17.5 Å². The predicted octanol–water partition coefficient (Wildman–Crippen LogP) is 5.29. The first kappa shape index (κ1) is 16.5. The van der Waals surface area contributed by atoms with E-state index in [0.29, 0.717) is 17.2 Å². The van der Waals surface area contributed by atoms with E-state index in [1.54, 1.807) is 30.6 Å². The van der Waals surface area contributed by atoms with Crippen LogP contribution in [-0.2, 0) is 0 Å². The van der Waals surface area contributed by atoms with Gasteiger partial charge in [-0.1, -0.05) is 44.2 Å². The quantitative estimate of drug-likeness (QED) is 0.686. The van der Waals surface area contributed by atoms with Crippen molar-refractivity contribution in [1.29, 1.82) is 0 Å². The first-order valence-corrected chi connectivity index (χ1v) is 8.92. The highest BCUT2D eigenvalue weighted by Crippen LogP contribution is 2.28. The number of benzene rings is 1. The van der Waals surface area contributed by atoms with Gasteiger partial charge in [0.1, 0.15) is 5.76 Å². The van der Waals surface area contributed by atoms with Crippen molar-refractivity contribution in [1.82, 2.24) is 5.32 Å². The van der Waals surface area contributed by atoms with Crippen LogP contribution >= 0.6 is 11.3 Å². The van der Waals surface area contributed by atoms with E-state index >= 15 is 0 Å². The van der Waals surface area contributed by atoms with Crippen LogP contribution in [0.1, 0.15) is 57.9 Å². The van der Waals surface area contributed by atoms with Crippen molar-refractivity contribution in [2.45, 2.75) is 32.7 Å². The van der Waals surface area contributed by atoms with Crippen LogP contribution in [0.2, 0.25) is 0 Å². The third-order valence-corrected chi connectivity index (χ3v) is 5.08. The van der Waals surface area contributed by atoms with Crippen molar-refractivity contribution in [3.05, 3.63) is 81.4 Å². The lowest BCUT2D eigenvalue weighted by molar-refractivity contribution is 0.0942. The molecule has 3 nitrogen and oxygen atoms in total. The van der Waals surface area contributed by atoms with Crippen molar-refractivity contribution in [3.63, 3.8) is 0 Å². The summed E-state index contributed by atoms with van der Waals surface area (Å²) in [5.41, 5.74) is 2.95. The summed E-state index contributed by atoms with van der Waals surface area (Å²) in [4.78, 5) is 13.7.